The van der Waals surface area contributed by atoms with Gasteiger partial charge in [0.15, 0.2) is 11.6 Å². The van der Waals surface area contributed by atoms with Crippen molar-refractivity contribution in [2.75, 3.05) is 27.3 Å². The molecule has 0 aromatic heterocycles. The molecular weight excluding hydrogens is 350 g/mol. The van der Waals surface area contributed by atoms with Crippen LogP contribution in [0.25, 0.3) is 0 Å². The van der Waals surface area contributed by atoms with E-state index in [1.54, 1.807) is 13.2 Å². The van der Waals surface area contributed by atoms with Crippen LogP contribution in [0.5, 0.6) is 0 Å². The van der Waals surface area contributed by atoms with E-state index in [0.29, 0.717) is 36.5 Å². The number of ketones is 2. The Hall–Kier alpha value is -1.52. The minimum atomic E-state index is 0.111. The normalized spacial score (nSPS) is 16.1. The molecule has 4 heteroatoms. The number of carbonyl (C=O) groups excluding carboxylic acids is 2. The lowest BCUT2D eigenvalue weighted by atomic mass is 9.81. The number of methoxy groups -OCH3 is 1. The molecule has 1 aliphatic rings. The van der Waals surface area contributed by atoms with Crippen LogP contribution in [-0.4, -0.2) is 38.9 Å². The van der Waals surface area contributed by atoms with E-state index in [1.165, 1.54) is 32.1 Å². The summed E-state index contributed by atoms with van der Waals surface area (Å²) < 4.78 is 5.03. The Morgan fingerprint density at radius 2 is 1.82 bits per heavy atom. The first-order chi connectivity index (χ1) is 13.6. The van der Waals surface area contributed by atoms with Crippen LogP contribution in [0.2, 0.25) is 0 Å². The lowest BCUT2D eigenvalue weighted by Crippen LogP contribution is -2.25. The molecule has 1 fully saturated rings. The summed E-state index contributed by atoms with van der Waals surface area (Å²) in [6, 6.07) is 7.30. The molecule has 0 aliphatic heterocycles. The highest BCUT2D eigenvalue weighted by Crippen LogP contribution is 2.30. The maximum absolute atomic E-state index is 12.9. The van der Waals surface area contributed by atoms with Crippen LogP contribution in [0.3, 0.4) is 0 Å². The third-order valence-electron chi connectivity index (χ3n) is 5.87. The standard InChI is InChI=1S/C24H37NO3/c1-25-18-20(15-19-9-4-3-5-10-19)16-24(27)22-12-8-11-21(17-22)23(26)13-6-7-14-28-2/h8,11-12,17,19-20,25H,3-7,9-10,13-16,18H2,1-2H3/t20-/m1/s1. The minimum Gasteiger partial charge on any atom is -0.385 e. The Morgan fingerprint density at radius 1 is 1.11 bits per heavy atom. The lowest BCUT2D eigenvalue weighted by Gasteiger charge is -2.26. The van der Waals surface area contributed by atoms with Gasteiger partial charge in [-0.05, 0) is 50.8 Å². The Morgan fingerprint density at radius 3 is 2.50 bits per heavy atom. The fraction of sp³-hybridized carbons (Fsp3) is 0.667. The van der Waals surface area contributed by atoms with E-state index in [4.69, 9.17) is 4.74 Å². The van der Waals surface area contributed by atoms with Gasteiger partial charge in [-0.1, -0.05) is 50.3 Å². The van der Waals surface area contributed by atoms with Crippen molar-refractivity contribution in [3.63, 3.8) is 0 Å². The maximum atomic E-state index is 12.9. The van der Waals surface area contributed by atoms with Gasteiger partial charge in [0.1, 0.15) is 0 Å². The van der Waals surface area contributed by atoms with Crippen molar-refractivity contribution in [1.29, 1.82) is 0 Å². The van der Waals surface area contributed by atoms with Gasteiger partial charge in [0.25, 0.3) is 0 Å². The molecule has 156 valence electrons. The van der Waals surface area contributed by atoms with E-state index in [1.807, 2.05) is 25.2 Å². The van der Waals surface area contributed by atoms with Gasteiger partial charge in [-0.25, -0.2) is 0 Å². The summed E-state index contributed by atoms with van der Waals surface area (Å²) in [5.74, 6) is 1.40. The predicted octanol–water partition coefficient (Wildman–Crippen LogP) is 5.06. The topological polar surface area (TPSA) is 55.4 Å². The summed E-state index contributed by atoms with van der Waals surface area (Å²) in [5, 5.41) is 3.26. The highest BCUT2D eigenvalue weighted by molar-refractivity contribution is 6.01. The van der Waals surface area contributed by atoms with E-state index in [0.717, 1.165) is 31.7 Å². The second-order valence-corrected chi connectivity index (χ2v) is 8.24. The first-order valence-corrected chi connectivity index (χ1v) is 10.9. The third kappa shape index (κ3) is 7.84. The SMILES string of the molecule is CNC[C@@H](CC(=O)c1cccc(C(=O)CCCCOC)c1)CC1CCCCC1. The molecule has 2 rings (SSSR count). The van der Waals surface area contributed by atoms with Crippen molar-refractivity contribution in [2.24, 2.45) is 11.8 Å². The summed E-state index contributed by atoms with van der Waals surface area (Å²) in [6.45, 7) is 1.56. The Bertz CT molecular complexity index is 608. The predicted molar refractivity (Wildman–Crippen MR) is 114 cm³/mol. The first-order valence-electron chi connectivity index (χ1n) is 10.9. The van der Waals surface area contributed by atoms with E-state index >= 15 is 0 Å². The molecule has 1 N–H and O–H groups in total. The number of hydrogen-bond donors (Lipinski definition) is 1. The molecule has 0 unspecified atom stereocenters. The molecule has 0 spiro atoms. The van der Waals surface area contributed by atoms with Crippen molar-refractivity contribution in [3.8, 4) is 0 Å². The molecule has 1 aromatic rings. The molecule has 0 amide bonds. The van der Waals surface area contributed by atoms with Crippen molar-refractivity contribution < 1.29 is 14.3 Å². The van der Waals surface area contributed by atoms with Gasteiger partial charge >= 0.3 is 0 Å². The second-order valence-electron chi connectivity index (χ2n) is 8.24. The van der Waals surface area contributed by atoms with Crippen molar-refractivity contribution >= 4 is 11.6 Å². The van der Waals surface area contributed by atoms with Crippen molar-refractivity contribution in [1.82, 2.24) is 5.32 Å². The molecule has 0 radical (unpaired) electrons. The average Bonchev–Trinajstić information content (AvgIpc) is 2.72. The number of unbranched alkanes of at least 4 members (excludes halogenated alkanes) is 1. The van der Waals surface area contributed by atoms with Gasteiger partial charge in [-0.2, -0.15) is 0 Å². The van der Waals surface area contributed by atoms with Crippen LogP contribution in [0.1, 0.15) is 84.9 Å². The Balaban J connectivity index is 1.92. The second kappa shape index (κ2) is 12.8. The zero-order valence-electron chi connectivity index (χ0n) is 17.7. The summed E-state index contributed by atoms with van der Waals surface area (Å²) >= 11 is 0. The molecule has 1 aliphatic carbocycles. The quantitative estimate of drug-likeness (QED) is 0.379. The number of benzene rings is 1. The van der Waals surface area contributed by atoms with Crippen molar-refractivity contribution in [3.05, 3.63) is 35.4 Å². The third-order valence-corrected chi connectivity index (χ3v) is 5.87. The number of Topliss-reactive ketones (excluding diaryl/α,β-unsaturated/α-hetero) is 2. The van der Waals surface area contributed by atoms with Gasteiger partial charge in [0, 0.05) is 37.7 Å². The molecule has 0 bridgehead atoms. The number of carbonyl (C=O) groups is 2. The van der Waals surface area contributed by atoms with Gasteiger partial charge in [0.05, 0.1) is 0 Å². The average molecular weight is 388 g/mol. The maximum Gasteiger partial charge on any atom is 0.163 e. The smallest absolute Gasteiger partial charge is 0.163 e. The number of rotatable bonds is 13. The molecule has 28 heavy (non-hydrogen) atoms. The van der Waals surface area contributed by atoms with Crippen LogP contribution < -0.4 is 5.32 Å². The largest absolute Gasteiger partial charge is 0.385 e. The molecule has 1 saturated carbocycles. The zero-order chi connectivity index (χ0) is 20.2. The molecule has 0 heterocycles. The van der Waals surface area contributed by atoms with Gasteiger partial charge in [-0.3, -0.25) is 9.59 Å². The number of hydrogen-bond acceptors (Lipinski definition) is 4. The summed E-state index contributed by atoms with van der Waals surface area (Å²) in [7, 11) is 3.63. The summed E-state index contributed by atoms with van der Waals surface area (Å²) in [6.07, 6.45) is 10.5. The summed E-state index contributed by atoms with van der Waals surface area (Å²) in [5.41, 5.74) is 1.33. The fourth-order valence-corrected chi connectivity index (χ4v) is 4.34. The van der Waals surface area contributed by atoms with E-state index in [-0.39, 0.29) is 11.6 Å². The van der Waals surface area contributed by atoms with Crippen LogP contribution in [0.15, 0.2) is 24.3 Å². The van der Waals surface area contributed by atoms with E-state index in [2.05, 4.69) is 5.32 Å². The first kappa shape index (κ1) is 22.8. The van der Waals surface area contributed by atoms with E-state index < -0.39 is 0 Å². The lowest BCUT2D eigenvalue weighted by molar-refractivity contribution is 0.0951. The zero-order valence-corrected chi connectivity index (χ0v) is 17.7. The summed E-state index contributed by atoms with van der Waals surface area (Å²) in [4.78, 5) is 25.3. The highest BCUT2D eigenvalue weighted by Gasteiger charge is 2.21. The molecule has 4 nitrogen and oxygen atoms in total. The highest BCUT2D eigenvalue weighted by atomic mass is 16.5. The number of ether oxygens (including phenoxy) is 1. The van der Waals surface area contributed by atoms with Crippen molar-refractivity contribution in [2.45, 2.75) is 64.2 Å². The van der Waals surface area contributed by atoms with Crippen LogP contribution in [0.4, 0.5) is 0 Å². The van der Waals surface area contributed by atoms with Crippen LogP contribution in [0, 0.1) is 11.8 Å². The van der Waals surface area contributed by atoms with Crippen LogP contribution in [-0.2, 0) is 4.74 Å². The van der Waals surface area contributed by atoms with Gasteiger partial charge in [-0.15, -0.1) is 0 Å². The van der Waals surface area contributed by atoms with Gasteiger partial charge < -0.3 is 10.1 Å². The molecule has 1 aromatic carbocycles. The molecule has 0 saturated heterocycles. The van der Waals surface area contributed by atoms with Crippen LogP contribution >= 0.6 is 0 Å². The number of nitrogens with one attached hydrogen (secondary N) is 1. The molecule has 1 atom stereocenters. The van der Waals surface area contributed by atoms with E-state index in [9.17, 15) is 9.59 Å². The fourth-order valence-electron chi connectivity index (χ4n) is 4.34. The minimum absolute atomic E-state index is 0.111. The monoisotopic (exact) mass is 387 g/mol. The molecular formula is C24H37NO3. The Labute approximate surface area is 170 Å². The Kier molecular flexibility index (Phi) is 10.4. The van der Waals surface area contributed by atoms with Gasteiger partial charge in [0.2, 0.25) is 0 Å².